The average Bonchev–Trinajstić information content (AvgIpc) is 2.38. The van der Waals surface area contributed by atoms with E-state index in [1.54, 1.807) is 0 Å². The van der Waals surface area contributed by atoms with Gasteiger partial charge in [-0.3, -0.25) is 0 Å². The Kier molecular flexibility index (Phi) is 4.77. The van der Waals surface area contributed by atoms with Crippen molar-refractivity contribution < 1.29 is 4.74 Å². The highest BCUT2D eigenvalue weighted by Gasteiger charge is 2.06. The molecular formula is C15H17ClN2O. The van der Waals surface area contributed by atoms with E-state index in [9.17, 15) is 0 Å². The van der Waals surface area contributed by atoms with Crippen molar-refractivity contribution in [1.29, 1.82) is 0 Å². The van der Waals surface area contributed by atoms with Crippen molar-refractivity contribution in [2.45, 2.75) is 26.0 Å². The van der Waals surface area contributed by atoms with Gasteiger partial charge in [0.25, 0.3) is 0 Å². The molecule has 0 saturated heterocycles. The number of halogens is 1. The number of benzene rings is 1. The van der Waals surface area contributed by atoms with E-state index < -0.39 is 0 Å². The van der Waals surface area contributed by atoms with Crippen LogP contribution in [0, 0.1) is 0 Å². The number of pyridine rings is 1. The summed E-state index contributed by atoms with van der Waals surface area (Å²) < 4.78 is 5.66. The molecule has 0 aliphatic rings. The predicted molar refractivity (Wildman–Crippen MR) is 77.4 cm³/mol. The summed E-state index contributed by atoms with van der Waals surface area (Å²) in [5.74, 6) is 0.596. The molecule has 3 nitrogen and oxygen atoms in total. The average molecular weight is 277 g/mol. The van der Waals surface area contributed by atoms with Crippen LogP contribution in [0.25, 0.3) is 0 Å². The molecular weight excluding hydrogens is 260 g/mol. The smallest absolute Gasteiger partial charge is 0.171 e. The van der Waals surface area contributed by atoms with E-state index in [0.717, 1.165) is 11.3 Å². The third kappa shape index (κ3) is 4.23. The Balaban J connectivity index is 2.01. The van der Waals surface area contributed by atoms with E-state index in [2.05, 4.69) is 4.98 Å². The van der Waals surface area contributed by atoms with Gasteiger partial charge in [0.15, 0.2) is 10.9 Å². The van der Waals surface area contributed by atoms with Crippen molar-refractivity contribution in [3.63, 3.8) is 0 Å². The van der Waals surface area contributed by atoms with Crippen molar-refractivity contribution in [2.75, 3.05) is 0 Å². The summed E-state index contributed by atoms with van der Waals surface area (Å²) in [7, 11) is 0. The highest BCUT2D eigenvalue weighted by molar-refractivity contribution is 6.30. The van der Waals surface area contributed by atoms with Gasteiger partial charge in [-0.15, -0.1) is 0 Å². The van der Waals surface area contributed by atoms with Crippen LogP contribution in [-0.4, -0.2) is 11.0 Å². The van der Waals surface area contributed by atoms with Crippen LogP contribution in [0.4, 0.5) is 0 Å². The summed E-state index contributed by atoms with van der Waals surface area (Å²) >= 11 is 6.10. The second kappa shape index (κ2) is 6.55. The van der Waals surface area contributed by atoms with Gasteiger partial charge in [0, 0.05) is 18.2 Å². The molecule has 19 heavy (non-hydrogen) atoms. The van der Waals surface area contributed by atoms with Gasteiger partial charge < -0.3 is 10.5 Å². The molecule has 1 aromatic carbocycles. The molecule has 1 unspecified atom stereocenters. The number of rotatable bonds is 5. The molecule has 0 fully saturated rings. The second-order valence-corrected chi connectivity index (χ2v) is 4.91. The summed E-state index contributed by atoms with van der Waals surface area (Å²) in [6.45, 7) is 2.42. The van der Waals surface area contributed by atoms with Gasteiger partial charge >= 0.3 is 0 Å². The minimum atomic E-state index is 0.0691. The monoisotopic (exact) mass is 276 g/mol. The predicted octanol–water partition coefficient (Wildman–Crippen LogP) is 3.20. The normalized spacial score (nSPS) is 12.2. The van der Waals surface area contributed by atoms with Gasteiger partial charge in [-0.05, 0) is 24.6 Å². The van der Waals surface area contributed by atoms with Crippen LogP contribution in [0.2, 0.25) is 5.15 Å². The molecule has 2 N–H and O–H groups in total. The fourth-order valence-electron chi connectivity index (χ4n) is 1.75. The maximum atomic E-state index is 6.10. The Morgan fingerprint density at radius 3 is 2.58 bits per heavy atom. The first kappa shape index (κ1) is 13.8. The third-order valence-corrected chi connectivity index (χ3v) is 2.91. The Morgan fingerprint density at radius 2 is 1.95 bits per heavy atom. The Morgan fingerprint density at radius 1 is 1.21 bits per heavy atom. The van der Waals surface area contributed by atoms with Gasteiger partial charge in [-0.1, -0.05) is 41.9 Å². The van der Waals surface area contributed by atoms with Crippen molar-refractivity contribution >= 4 is 11.6 Å². The molecule has 0 spiro atoms. The van der Waals surface area contributed by atoms with Crippen molar-refractivity contribution in [3.8, 4) is 5.75 Å². The quantitative estimate of drug-likeness (QED) is 0.853. The first-order chi connectivity index (χ1) is 9.15. The van der Waals surface area contributed by atoms with Crippen LogP contribution in [0.3, 0.4) is 0 Å². The van der Waals surface area contributed by atoms with E-state index in [-0.39, 0.29) is 6.04 Å². The van der Waals surface area contributed by atoms with E-state index in [0.29, 0.717) is 23.9 Å². The Hall–Kier alpha value is -1.58. The largest absolute Gasteiger partial charge is 0.486 e. The van der Waals surface area contributed by atoms with Crippen LogP contribution in [0.15, 0.2) is 42.5 Å². The number of hydrogen-bond donors (Lipinski definition) is 1. The highest BCUT2D eigenvalue weighted by Crippen LogP contribution is 2.23. The van der Waals surface area contributed by atoms with Crippen molar-refractivity contribution in [3.05, 3.63) is 58.9 Å². The SMILES string of the molecule is CC(N)Cc1ccc(OCc2ccccc2)c(Cl)n1. The maximum Gasteiger partial charge on any atom is 0.171 e. The Bertz CT molecular complexity index is 529. The number of hydrogen-bond acceptors (Lipinski definition) is 3. The molecule has 1 aromatic heterocycles. The molecule has 2 rings (SSSR count). The molecule has 1 heterocycles. The highest BCUT2D eigenvalue weighted by atomic mass is 35.5. The van der Waals surface area contributed by atoms with Gasteiger partial charge in [0.2, 0.25) is 0 Å². The van der Waals surface area contributed by atoms with Gasteiger partial charge in [0.1, 0.15) is 6.61 Å². The molecule has 1 atom stereocenters. The summed E-state index contributed by atoms with van der Waals surface area (Å²) in [5.41, 5.74) is 7.71. The van der Waals surface area contributed by atoms with Gasteiger partial charge in [-0.2, -0.15) is 0 Å². The lowest BCUT2D eigenvalue weighted by Gasteiger charge is -2.10. The van der Waals surface area contributed by atoms with Crippen molar-refractivity contribution in [1.82, 2.24) is 4.98 Å². The minimum Gasteiger partial charge on any atom is -0.486 e. The molecule has 0 aliphatic carbocycles. The lowest BCUT2D eigenvalue weighted by Crippen LogP contribution is -2.18. The zero-order valence-corrected chi connectivity index (χ0v) is 11.6. The summed E-state index contributed by atoms with van der Waals surface area (Å²) in [5, 5.41) is 0.383. The zero-order valence-electron chi connectivity index (χ0n) is 10.8. The molecule has 4 heteroatoms. The summed E-state index contributed by atoms with van der Waals surface area (Å²) in [4.78, 5) is 4.29. The molecule has 0 saturated carbocycles. The fourth-order valence-corrected chi connectivity index (χ4v) is 1.97. The summed E-state index contributed by atoms with van der Waals surface area (Å²) in [6, 6.07) is 13.7. The molecule has 0 radical (unpaired) electrons. The molecule has 0 amide bonds. The maximum absolute atomic E-state index is 6.10. The third-order valence-electron chi connectivity index (χ3n) is 2.64. The lowest BCUT2D eigenvalue weighted by molar-refractivity contribution is 0.305. The van der Waals surface area contributed by atoms with Crippen LogP contribution < -0.4 is 10.5 Å². The molecule has 0 aliphatic heterocycles. The first-order valence-electron chi connectivity index (χ1n) is 6.23. The first-order valence-corrected chi connectivity index (χ1v) is 6.60. The van der Waals surface area contributed by atoms with E-state index in [4.69, 9.17) is 22.1 Å². The number of nitrogens with zero attached hydrogens (tertiary/aromatic N) is 1. The van der Waals surface area contributed by atoms with E-state index in [1.807, 2.05) is 49.4 Å². The van der Waals surface area contributed by atoms with Gasteiger partial charge in [0.05, 0.1) is 0 Å². The summed E-state index contributed by atoms with van der Waals surface area (Å²) in [6.07, 6.45) is 0.707. The minimum absolute atomic E-state index is 0.0691. The van der Waals surface area contributed by atoms with Crippen LogP contribution >= 0.6 is 11.6 Å². The molecule has 2 aromatic rings. The topological polar surface area (TPSA) is 48.1 Å². The van der Waals surface area contributed by atoms with Crippen LogP contribution in [0.1, 0.15) is 18.2 Å². The standard InChI is InChI=1S/C15H17ClN2O/c1-11(17)9-13-7-8-14(15(16)18-13)19-10-12-5-3-2-4-6-12/h2-8,11H,9-10,17H2,1H3. The molecule has 0 bridgehead atoms. The number of aromatic nitrogens is 1. The van der Waals surface area contributed by atoms with E-state index >= 15 is 0 Å². The fraction of sp³-hybridized carbons (Fsp3) is 0.267. The van der Waals surface area contributed by atoms with Crippen LogP contribution in [0.5, 0.6) is 5.75 Å². The second-order valence-electron chi connectivity index (χ2n) is 4.55. The zero-order chi connectivity index (χ0) is 13.7. The van der Waals surface area contributed by atoms with Gasteiger partial charge in [-0.25, -0.2) is 4.98 Å². The number of nitrogens with two attached hydrogens (primary N) is 1. The number of ether oxygens (including phenoxy) is 1. The van der Waals surface area contributed by atoms with Crippen molar-refractivity contribution in [2.24, 2.45) is 5.73 Å². The van der Waals surface area contributed by atoms with E-state index in [1.165, 1.54) is 0 Å². The molecule has 100 valence electrons. The van der Waals surface area contributed by atoms with Crippen LogP contribution in [-0.2, 0) is 13.0 Å². The Labute approximate surface area is 118 Å². The lowest BCUT2D eigenvalue weighted by atomic mass is 10.2.